The number of aromatic nitrogens is 2. The van der Waals surface area contributed by atoms with E-state index in [1.807, 2.05) is 18.2 Å². The number of hydrogen-bond acceptors (Lipinski definition) is 4. The number of rotatable bonds is 2. The SMILES string of the molecule is COc1nccc(-c2ccc3c(c2)CCCO3)n1. The Labute approximate surface area is 106 Å². The summed E-state index contributed by atoms with van der Waals surface area (Å²) < 4.78 is 10.6. The predicted molar refractivity (Wildman–Crippen MR) is 67.8 cm³/mol. The van der Waals surface area contributed by atoms with Crippen molar-refractivity contribution in [3.8, 4) is 23.0 Å². The lowest BCUT2D eigenvalue weighted by molar-refractivity contribution is 0.288. The van der Waals surface area contributed by atoms with Gasteiger partial charge in [-0.1, -0.05) is 0 Å². The van der Waals surface area contributed by atoms with Gasteiger partial charge in [-0.25, -0.2) is 4.98 Å². The number of nitrogens with zero attached hydrogens (tertiary/aromatic N) is 2. The van der Waals surface area contributed by atoms with Gasteiger partial charge in [0.05, 0.1) is 19.4 Å². The maximum Gasteiger partial charge on any atom is 0.316 e. The highest BCUT2D eigenvalue weighted by Crippen LogP contribution is 2.29. The van der Waals surface area contributed by atoms with E-state index >= 15 is 0 Å². The minimum Gasteiger partial charge on any atom is -0.493 e. The van der Waals surface area contributed by atoms with E-state index in [4.69, 9.17) is 9.47 Å². The van der Waals surface area contributed by atoms with Gasteiger partial charge in [-0.2, -0.15) is 4.98 Å². The van der Waals surface area contributed by atoms with Crippen molar-refractivity contribution in [1.82, 2.24) is 9.97 Å². The fraction of sp³-hybridized carbons (Fsp3) is 0.286. The van der Waals surface area contributed by atoms with Crippen LogP contribution in [-0.4, -0.2) is 23.7 Å². The summed E-state index contributed by atoms with van der Waals surface area (Å²) in [5, 5.41) is 0. The molecule has 0 bridgehead atoms. The fourth-order valence-electron chi connectivity index (χ4n) is 2.12. The van der Waals surface area contributed by atoms with E-state index < -0.39 is 0 Å². The molecule has 0 unspecified atom stereocenters. The van der Waals surface area contributed by atoms with Crippen LogP contribution in [0.2, 0.25) is 0 Å². The van der Waals surface area contributed by atoms with Crippen molar-refractivity contribution in [2.75, 3.05) is 13.7 Å². The number of methoxy groups -OCH3 is 1. The third kappa shape index (κ3) is 2.01. The summed E-state index contributed by atoms with van der Waals surface area (Å²) in [6.07, 6.45) is 3.84. The first kappa shape index (κ1) is 11.0. The van der Waals surface area contributed by atoms with Gasteiger partial charge in [0.1, 0.15) is 5.75 Å². The molecule has 1 aromatic heterocycles. The summed E-state index contributed by atoms with van der Waals surface area (Å²) in [5.74, 6) is 0.992. The zero-order valence-electron chi connectivity index (χ0n) is 10.2. The van der Waals surface area contributed by atoms with Crippen molar-refractivity contribution in [3.05, 3.63) is 36.0 Å². The van der Waals surface area contributed by atoms with Gasteiger partial charge >= 0.3 is 6.01 Å². The maximum atomic E-state index is 5.60. The molecule has 0 saturated carbocycles. The van der Waals surface area contributed by atoms with E-state index in [9.17, 15) is 0 Å². The summed E-state index contributed by atoms with van der Waals surface area (Å²) in [6, 6.07) is 8.44. The van der Waals surface area contributed by atoms with Crippen LogP contribution in [0.25, 0.3) is 11.3 Å². The Kier molecular flexibility index (Phi) is 2.84. The molecule has 0 N–H and O–H groups in total. The van der Waals surface area contributed by atoms with Crippen molar-refractivity contribution in [2.24, 2.45) is 0 Å². The van der Waals surface area contributed by atoms with Crippen molar-refractivity contribution in [1.29, 1.82) is 0 Å². The standard InChI is InChI=1S/C14H14N2O2/c1-17-14-15-7-6-12(16-14)10-4-5-13-11(9-10)3-2-8-18-13/h4-7,9H,2-3,8H2,1H3. The summed E-state index contributed by atoms with van der Waals surface area (Å²) >= 11 is 0. The molecule has 1 aliphatic rings. The molecule has 0 spiro atoms. The summed E-state index contributed by atoms with van der Waals surface area (Å²) in [4.78, 5) is 8.35. The highest BCUT2D eigenvalue weighted by atomic mass is 16.5. The molecular weight excluding hydrogens is 228 g/mol. The van der Waals surface area contributed by atoms with Gasteiger partial charge in [0, 0.05) is 11.8 Å². The Balaban J connectivity index is 2.00. The average Bonchev–Trinajstić information content (AvgIpc) is 2.47. The van der Waals surface area contributed by atoms with Crippen LogP contribution >= 0.6 is 0 Å². The van der Waals surface area contributed by atoms with Crippen LogP contribution in [0.5, 0.6) is 11.8 Å². The second-order valence-electron chi connectivity index (χ2n) is 4.20. The molecule has 3 rings (SSSR count). The Bertz CT molecular complexity index is 569. The minimum atomic E-state index is 0.390. The lowest BCUT2D eigenvalue weighted by Crippen LogP contribution is -2.08. The molecule has 2 heterocycles. The van der Waals surface area contributed by atoms with Gasteiger partial charge in [-0.05, 0) is 42.7 Å². The zero-order valence-corrected chi connectivity index (χ0v) is 10.2. The highest BCUT2D eigenvalue weighted by molar-refractivity contribution is 5.62. The summed E-state index contributed by atoms with van der Waals surface area (Å²) in [5.41, 5.74) is 3.19. The second-order valence-corrected chi connectivity index (χ2v) is 4.20. The first-order valence-corrected chi connectivity index (χ1v) is 6.00. The summed E-state index contributed by atoms with van der Waals surface area (Å²) in [6.45, 7) is 0.813. The third-order valence-electron chi connectivity index (χ3n) is 3.02. The normalized spacial score (nSPS) is 13.6. The van der Waals surface area contributed by atoms with Gasteiger partial charge in [-0.3, -0.25) is 0 Å². The van der Waals surface area contributed by atoms with Crippen molar-refractivity contribution in [2.45, 2.75) is 12.8 Å². The van der Waals surface area contributed by atoms with Crippen LogP contribution in [-0.2, 0) is 6.42 Å². The van der Waals surface area contributed by atoms with Gasteiger partial charge in [0.2, 0.25) is 0 Å². The van der Waals surface area contributed by atoms with E-state index in [1.165, 1.54) is 5.56 Å². The van der Waals surface area contributed by atoms with Crippen LogP contribution in [0.1, 0.15) is 12.0 Å². The van der Waals surface area contributed by atoms with Crippen molar-refractivity contribution in [3.63, 3.8) is 0 Å². The maximum absolute atomic E-state index is 5.60. The van der Waals surface area contributed by atoms with Gasteiger partial charge in [0.25, 0.3) is 0 Å². The van der Waals surface area contributed by atoms with E-state index in [0.717, 1.165) is 36.5 Å². The molecule has 2 aromatic rings. The van der Waals surface area contributed by atoms with E-state index in [-0.39, 0.29) is 0 Å². The first-order chi connectivity index (χ1) is 8.86. The summed E-state index contributed by atoms with van der Waals surface area (Å²) in [7, 11) is 1.57. The molecule has 0 atom stereocenters. The Morgan fingerprint density at radius 1 is 1.28 bits per heavy atom. The van der Waals surface area contributed by atoms with Crippen LogP contribution in [0.3, 0.4) is 0 Å². The average molecular weight is 242 g/mol. The minimum absolute atomic E-state index is 0.390. The predicted octanol–water partition coefficient (Wildman–Crippen LogP) is 2.48. The number of benzene rings is 1. The monoisotopic (exact) mass is 242 g/mol. The number of aryl methyl sites for hydroxylation is 1. The smallest absolute Gasteiger partial charge is 0.316 e. The quantitative estimate of drug-likeness (QED) is 0.811. The van der Waals surface area contributed by atoms with Crippen molar-refractivity contribution >= 4 is 0 Å². The van der Waals surface area contributed by atoms with Crippen molar-refractivity contribution < 1.29 is 9.47 Å². The molecule has 4 nitrogen and oxygen atoms in total. The number of fused-ring (bicyclic) bond motifs is 1. The third-order valence-corrected chi connectivity index (χ3v) is 3.02. The van der Waals surface area contributed by atoms with E-state index in [1.54, 1.807) is 13.3 Å². The molecule has 0 fully saturated rings. The van der Waals surface area contributed by atoms with E-state index in [0.29, 0.717) is 6.01 Å². The second kappa shape index (κ2) is 4.64. The Hall–Kier alpha value is -2.10. The molecule has 0 amide bonds. The van der Waals surface area contributed by atoms with Crippen LogP contribution < -0.4 is 9.47 Å². The molecule has 92 valence electrons. The topological polar surface area (TPSA) is 44.2 Å². The van der Waals surface area contributed by atoms with Crippen LogP contribution in [0.15, 0.2) is 30.5 Å². The molecule has 0 saturated heterocycles. The van der Waals surface area contributed by atoms with E-state index in [2.05, 4.69) is 16.0 Å². The molecule has 18 heavy (non-hydrogen) atoms. The molecule has 1 aromatic carbocycles. The molecule has 1 aliphatic heterocycles. The Morgan fingerprint density at radius 2 is 2.22 bits per heavy atom. The fourth-order valence-corrected chi connectivity index (χ4v) is 2.12. The largest absolute Gasteiger partial charge is 0.493 e. The lowest BCUT2D eigenvalue weighted by Gasteiger charge is -2.17. The van der Waals surface area contributed by atoms with Gasteiger partial charge in [0.15, 0.2) is 0 Å². The molecule has 0 aliphatic carbocycles. The molecule has 0 radical (unpaired) electrons. The van der Waals surface area contributed by atoms with Gasteiger partial charge in [-0.15, -0.1) is 0 Å². The number of ether oxygens (including phenoxy) is 2. The Morgan fingerprint density at radius 3 is 3.11 bits per heavy atom. The zero-order chi connectivity index (χ0) is 12.4. The highest BCUT2D eigenvalue weighted by Gasteiger charge is 2.12. The van der Waals surface area contributed by atoms with Crippen LogP contribution in [0.4, 0.5) is 0 Å². The number of hydrogen-bond donors (Lipinski definition) is 0. The lowest BCUT2D eigenvalue weighted by atomic mass is 10.0. The van der Waals surface area contributed by atoms with Gasteiger partial charge < -0.3 is 9.47 Å². The van der Waals surface area contributed by atoms with Crippen LogP contribution in [0, 0.1) is 0 Å². The first-order valence-electron chi connectivity index (χ1n) is 6.00. The molecule has 4 heteroatoms. The molecular formula is C14H14N2O2.